The van der Waals surface area contributed by atoms with E-state index in [0.717, 1.165) is 25.8 Å². The molecule has 7 heteroatoms. The van der Waals surface area contributed by atoms with Gasteiger partial charge in [-0.05, 0) is 43.5 Å². The molecule has 128 valence electrons. The van der Waals surface area contributed by atoms with Gasteiger partial charge in [0.25, 0.3) is 0 Å². The number of carbonyl (C=O) groups is 1. The van der Waals surface area contributed by atoms with Crippen molar-refractivity contribution in [3.8, 4) is 5.75 Å². The number of ether oxygens (including phenoxy) is 1. The van der Waals surface area contributed by atoms with Crippen molar-refractivity contribution in [2.45, 2.75) is 38.6 Å². The van der Waals surface area contributed by atoms with E-state index < -0.39 is 0 Å². The molecule has 1 aliphatic heterocycles. The van der Waals surface area contributed by atoms with E-state index in [1.807, 2.05) is 0 Å². The Morgan fingerprint density at radius 2 is 2.17 bits per heavy atom. The monoisotopic (exact) mass is 333 g/mol. The lowest BCUT2D eigenvalue weighted by atomic mass is 10.0. The van der Waals surface area contributed by atoms with Gasteiger partial charge in [-0.25, -0.2) is 4.39 Å². The number of likely N-dealkylation sites (tertiary alicyclic amines) is 1. The molecular formula is C17H20FN3O3. The van der Waals surface area contributed by atoms with Gasteiger partial charge in [-0.1, -0.05) is 5.16 Å². The molecule has 0 radical (unpaired) electrons. The second kappa shape index (κ2) is 7.42. The summed E-state index contributed by atoms with van der Waals surface area (Å²) in [4.78, 5) is 17.9. The molecule has 0 spiro atoms. The zero-order chi connectivity index (χ0) is 16.9. The lowest BCUT2D eigenvalue weighted by Gasteiger charge is -2.32. The normalized spacial score (nSPS) is 17.8. The molecule has 3 rings (SSSR count). The largest absolute Gasteiger partial charge is 0.493 e. The zero-order valence-electron chi connectivity index (χ0n) is 13.6. The number of rotatable bonds is 5. The van der Waals surface area contributed by atoms with Crippen LogP contribution in [0.5, 0.6) is 5.75 Å². The highest BCUT2D eigenvalue weighted by Crippen LogP contribution is 2.29. The summed E-state index contributed by atoms with van der Waals surface area (Å²) in [5.74, 6) is 1.35. The van der Waals surface area contributed by atoms with E-state index in [2.05, 4.69) is 10.1 Å². The summed E-state index contributed by atoms with van der Waals surface area (Å²) in [5, 5.41) is 3.97. The molecule has 6 nitrogen and oxygen atoms in total. The zero-order valence-corrected chi connectivity index (χ0v) is 13.6. The number of carbonyl (C=O) groups excluding carboxylic acids is 1. The van der Waals surface area contributed by atoms with Gasteiger partial charge in [0.2, 0.25) is 11.8 Å². The third kappa shape index (κ3) is 3.90. The predicted octanol–water partition coefficient (Wildman–Crippen LogP) is 2.90. The number of hydrogen-bond acceptors (Lipinski definition) is 5. The SMILES string of the molecule is CC(=O)N1CCCCC1c1nc(CCOc2ccc(F)cc2)no1. The predicted molar refractivity (Wildman–Crippen MR) is 83.9 cm³/mol. The van der Waals surface area contributed by atoms with Crippen LogP contribution in [0.4, 0.5) is 4.39 Å². The molecule has 1 unspecified atom stereocenters. The average Bonchev–Trinajstić information content (AvgIpc) is 3.05. The Morgan fingerprint density at radius 3 is 2.92 bits per heavy atom. The van der Waals surface area contributed by atoms with Crippen LogP contribution in [0.2, 0.25) is 0 Å². The van der Waals surface area contributed by atoms with Crippen LogP contribution in [-0.2, 0) is 11.2 Å². The number of amides is 1. The summed E-state index contributed by atoms with van der Waals surface area (Å²) in [6, 6.07) is 5.71. The number of piperidine rings is 1. The van der Waals surface area contributed by atoms with Crippen molar-refractivity contribution in [3.05, 3.63) is 41.8 Å². The highest BCUT2D eigenvalue weighted by molar-refractivity contribution is 5.73. The quantitative estimate of drug-likeness (QED) is 0.841. The third-order valence-corrected chi connectivity index (χ3v) is 4.08. The van der Waals surface area contributed by atoms with Crippen LogP contribution in [0, 0.1) is 5.82 Å². The smallest absolute Gasteiger partial charge is 0.249 e. The van der Waals surface area contributed by atoms with Crippen molar-refractivity contribution in [3.63, 3.8) is 0 Å². The Balaban J connectivity index is 1.56. The van der Waals surface area contributed by atoms with Crippen LogP contribution in [0.1, 0.15) is 43.9 Å². The molecule has 1 aromatic carbocycles. The maximum absolute atomic E-state index is 12.8. The fourth-order valence-corrected chi connectivity index (χ4v) is 2.86. The highest BCUT2D eigenvalue weighted by Gasteiger charge is 2.30. The van der Waals surface area contributed by atoms with Crippen LogP contribution in [0.15, 0.2) is 28.8 Å². The Hall–Kier alpha value is -2.44. The minimum atomic E-state index is -0.298. The lowest BCUT2D eigenvalue weighted by Crippen LogP contribution is -2.37. The summed E-state index contributed by atoms with van der Waals surface area (Å²) >= 11 is 0. The topological polar surface area (TPSA) is 68.5 Å². The van der Waals surface area contributed by atoms with Crippen LogP contribution < -0.4 is 4.74 Å². The van der Waals surface area contributed by atoms with E-state index in [-0.39, 0.29) is 17.8 Å². The third-order valence-electron chi connectivity index (χ3n) is 4.08. The minimum Gasteiger partial charge on any atom is -0.493 e. The number of nitrogens with zero attached hydrogens (tertiary/aromatic N) is 3. The molecule has 2 aromatic rings. The first-order chi connectivity index (χ1) is 11.6. The Bertz CT molecular complexity index is 687. The minimum absolute atomic E-state index is 0.0269. The highest BCUT2D eigenvalue weighted by atomic mass is 19.1. The van der Waals surface area contributed by atoms with E-state index >= 15 is 0 Å². The lowest BCUT2D eigenvalue weighted by molar-refractivity contribution is -0.133. The molecule has 1 atom stereocenters. The molecule has 1 amide bonds. The standard InChI is InChI=1S/C17H20FN3O3/c1-12(22)21-10-3-2-4-15(21)17-19-16(20-24-17)9-11-23-14-7-5-13(18)6-8-14/h5-8,15H,2-4,9-11H2,1H3. The van der Waals surface area contributed by atoms with Gasteiger partial charge in [-0.15, -0.1) is 0 Å². The Morgan fingerprint density at radius 1 is 1.38 bits per heavy atom. The fourth-order valence-electron chi connectivity index (χ4n) is 2.86. The molecule has 1 saturated heterocycles. The maximum Gasteiger partial charge on any atom is 0.249 e. The molecule has 0 aliphatic carbocycles. The number of aromatic nitrogens is 2. The van der Waals surface area contributed by atoms with Gasteiger partial charge in [-0.3, -0.25) is 4.79 Å². The Labute approximate surface area is 139 Å². The van der Waals surface area contributed by atoms with E-state index in [1.54, 1.807) is 24.0 Å². The maximum atomic E-state index is 12.8. The molecule has 1 fully saturated rings. The number of benzene rings is 1. The van der Waals surface area contributed by atoms with E-state index in [4.69, 9.17) is 9.26 Å². The van der Waals surface area contributed by atoms with Crippen molar-refractivity contribution in [1.82, 2.24) is 15.0 Å². The van der Waals surface area contributed by atoms with Crippen molar-refractivity contribution in [2.24, 2.45) is 0 Å². The second-order valence-corrected chi connectivity index (χ2v) is 5.83. The summed E-state index contributed by atoms with van der Waals surface area (Å²) < 4.78 is 23.7. The van der Waals surface area contributed by atoms with Crippen molar-refractivity contribution in [2.75, 3.05) is 13.2 Å². The van der Waals surface area contributed by atoms with Crippen molar-refractivity contribution < 1.29 is 18.4 Å². The first-order valence-electron chi connectivity index (χ1n) is 8.11. The fraction of sp³-hybridized carbons (Fsp3) is 0.471. The van der Waals surface area contributed by atoms with Crippen LogP contribution in [-0.4, -0.2) is 34.1 Å². The molecule has 1 aromatic heterocycles. The summed E-state index contributed by atoms with van der Waals surface area (Å²) in [6.07, 6.45) is 3.36. The summed E-state index contributed by atoms with van der Waals surface area (Å²) in [7, 11) is 0. The van der Waals surface area contributed by atoms with Gasteiger partial charge in [0.05, 0.1) is 6.61 Å². The van der Waals surface area contributed by atoms with Gasteiger partial charge in [0.15, 0.2) is 5.82 Å². The molecular weight excluding hydrogens is 313 g/mol. The first kappa shape index (κ1) is 16.4. The van der Waals surface area contributed by atoms with E-state index in [0.29, 0.717) is 30.5 Å². The van der Waals surface area contributed by atoms with Crippen molar-refractivity contribution in [1.29, 1.82) is 0 Å². The number of hydrogen-bond donors (Lipinski definition) is 0. The molecule has 2 heterocycles. The van der Waals surface area contributed by atoms with Gasteiger partial charge in [-0.2, -0.15) is 4.98 Å². The van der Waals surface area contributed by atoms with Crippen LogP contribution in [0.25, 0.3) is 0 Å². The van der Waals surface area contributed by atoms with Crippen LogP contribution >= 0.6 is 0 Å². The molecule has 24 heavy (non-hydrogen) atoms. The second-order valence-electron chi connectivity index (χ2n) is 5.83. The van der Waals surface area contributed by atoms with Crippen molar-refractivity contribution >= 4 is 5.91 Å². The summed E-state index contributed by atoms with van der Waals surface area (Å²) in [5.41, 5.74) is 0. The van der Waals surface area contributed by atoms with Gasteiger partial charge >= 0.3 is 0 Å². The van der Waals surface area contributed by atoms with Crippen LogP contribution in [0.3, 0.4) is 0 Å². The van der Waals surface area contributed by atoms with E-state index in [9.17, 15) is 9.18 Å². The van der Waals surface area contributed by atoms with E-state index in [1.165, 1.54) is 12.1 Å². The van der Waals surface area contributed by atoms with Gasteiger partial charge in [0, 0.05) is 19.9 Å². The number of halogens is 1. The Kier molecular flexibility index (Phi) is 5.08. The average molecular weight is 333 g/mol. The summed E-state index contributed by atoms with van der Waals surface area (Å²) in [6.45, 7) is 2.66. The van der Waals surface area contributed by atoms with Gasteiger partial charge < -0.3 is 14.2 Å². The molecule has 0 N–H and O–H groups in total. The molecule has 0 bridgehead atoms. The molecule has 1 aliphatic rings. The van der Waals surface area contributed by atoms with Gasteiger partial charge in [0.1, 0.15) is 17.6 Å². The molecule has 0 saturated carbocycles. The first-order valence-corrected chi connectivity index (χ1v) is 8.11.